The fourth-order valence-corrected chi connectivity index (χ4v) is 2.85. The molecule has 2 rings (SSSR count). The normalized spacial score (nSPS) is 10.4. The Morgan fingerprint density at radius 2 is 1.96 bits per heavy atom. The van der Waals surface area contributed by atoms with E-state index in [4.69, 9.17) is 9.84 Å². The monoisotopic (exact) mass is 431 g/mol. The van der Waals surface area contributed by atoms with Crippen LogP contribution in [0.15, 0.2) is 40.9 Å². The predicted octanol–water partition coefficient (Wildman–Crippen LogP) is 3.77. The number of benzene rings is 2. The van der Waals surface area contributed by atoms with E-state index in [1.165, 1.54) is 12.1 Å². The van der Waals surface area contributed by atoms with Gasteiger partial charge in [0.1, 0.15) is 17.4 Å². The number of hydrogen-bond donors (Lipinski definition) is 2. The summed E-state index contributed by atoms with van der Waals surface area (Å²) < 4.78 is 35.0. The molecule has 0 saturated carbocycles. The Balaban J connectivity index is 2.01. The highest BCUT2D eigenvalue weighted by Crippen LogP contribution is 2.22. The molecule has 2 aromatic carbocycles. The third kappa shape index (κ3) is 5.71. The summed E-state index contributed by atoms with van der Waals surface area (Å²) in [5, 5.41) is 8.62. The Kier molecular flexibility index (Phi) is 6.77. The number of carboxylic acids is 1. The number of ether oxygens (including phenoxy) is 1. The van der Waals surface area contributed by atoms with E-state index in [0.29, 0.717) is 10.0 Å². The van der Waals surface area contributed by atoms with E-state index in [-0.39, 0.29) is 17.1 Å². The minimum Gasteiger partial charge on any atom is -0.481 e. The van der Waals surface area contributed by atoms with Crippen LogP contribution in [0.3, 0.4) is 0 Å². The van der Waals surface area contributed by atoms with Gasteiger partial charge < -0.3 is 9.84 Å². The molecule has 0 aliphatic carbocycles. The molecule has 0 spiro atoms. The molecular formula is C16H12BrF2NO4S. The highest BCUT2D eigenvalue weighted by molar-refractivity contribution is 9.10. The zero-order valence-electron chi connectivity index (χ0n) is 12.6. The zero-order valence-corrected chi connectivity index (χ0v) is 15.0. The van der Waals surface area contributed by atoms with Crippen LogP contribution in [0.5, 0.6) is 5.75 Å². The highest BCUT2D eigenvalue weighted by Gasteiger charge is 2.15. The number of aliphatic carboxylic acids is 1. The molecule has 5 nitrogen and oxygen atoms in total. The molecule has 132 valence electrons. The second-order valence-electron chi connectivity index (χ2n) is 4.78. The molecule has 0 aliphatic rings. The molecule has 0 atom stereocenters. The lowest BCUT2D eigenvalue weighted by Crippen LogP contribution is -2.19. The van der Waals surface area contributed by atoms with E-state index in [1.54, 1.807) is 12.1 Å². The summed E-state index contributed by atoms with van der Waals surface area (Å²) in [6.45, 7) is -0.707. The average molecular weight is 432 g/mol. The van der Waals surface area contributed by atoms with Crippen molar-refractivity contribution in [2.24, 2.45) is 0 Å². The number of carbonyl (C=O) groups excluding carboxylic acids is 1. The zero-order chi connectivity index (χ0) is 18.4. The Labute approximate surface area is 154 Å². The van der Waals surface area contributed by atoms with Crippen molar-refractivity contribution in [1.29, 1.82) is 0 Å². The van der Waals surface area contributed by atoms with Crippen LogP contribution in [0.4, 0.5) is 8.78 Å². The van der Waals surface area contributed by atoms with Crippen LogP contribution in [0.2, 0.25) is 0 Å². The molecular weight excluding hydrogens is 420 g/mol. The number of amides is 1. The summed E-state index contributed by atoms with van der Waals surface area (Å²) >= 11 is 4.10. The van der Waals surface area contributed by atoms with Crippen LogP contribution in [-0.2, 0) is 10.5 Å². The summed E-state index contributed by atoms with van der Waals surface area (Å²) in [4.78, 5) is 22.7. The van der Waals surface area contributed by atoms with Crippen molar-refractivity contribution in [3.63, 3.8) is 0 Å². The first kappa shape index (κ1) is 19.2. The van der Waals surface area contributed by atoms with Gasteiger partial charge in [0.2, 0.25) is 0 Å². The van der Waals surface area contributed by atoms with Gasteiger partial charge >= 0.3 is 5.97 Å². The van der Waals surface area contributed by atoms with Crippen LogP contribution in [0, 0.1) is 11.6 Å². The van der Waals surface area contributed by atoms with Gasteiger partial charge in [0.15, 0.2) is 6.61 Å². The van der Waals surface area contributed by atoms with Crippen molar-refractivity contribution in [2.45, 2.75) is 5.75 Å². The van der Waals surface area contributed by atoms with Crippen LogP contribution < -0.4 is 9.46 Å². The summed E-state index contributed by atoms with van der Waals surface area (Å²) in [5.74, 6) is -2.95. The maximum atomic E-state index is 13.7. The molecule has 25 heavy (non-hydrogen) atoms. The number of rotatable bonds is 7. The fourth-order valence-electron chi connectivity index (χ4n) is 1.82. The van der Waals surface area contributed by atoms with Gasteiger partial charge in [-0.05, 0) is 41.8 Å². The molecule has 0 fully saturated rings. The second-order valence-corrected chi connectivity index (χ2v) is 6.48. The third-order valence-electron chi connectivity index (χ3n) is 2.95. The molecule has 0 aliphatic heterocycles. The van der Waals surface area contributed by atoms with E-state index in [1.807, 2.05) is 0 Å². The van der Waals surface area contributed by atoms with E-state index >= 15 is 0 Å². The quantitative estimate of drug-likeness (QED) is 0.652. The second kappa shape index (κ2) is 8.82. The van der Waals surface area contributed by atoms with Gasteiger partial charge in [0, 0.05) is 16.3 Å². The van der Waals surface area contributed by atoms with Crippen molar-refractivity contribution < 1.29 is 28.2 Å². The van der Waals surface area contributed by atoms with Crippen LogP contribution in [0.1, 0.15) is 15.9 Å². The first-order valence-electron chi connectivity index (χ1n) is 6.87. The molecule has 0 bridgehead atoms. The SMILES string of the molecule is O=C(O)COc1cc(F)ccc1C(=O)NSCc1ccc(Br)cc1F. The number of nitrogens with one attached hydrogen (secondary N) is 1. The van der Waals surface area contributed by atoms with Crippen molar-refractivity contribution in [1.82, 2.24) is 4.72 Å². The van der Waals surface area contributed by atoms with Gasteiger partial charge in [0.05, 0.1) is 5.56 Å². The summed E-state index contributed by atoms with van der Waals surface area (Å²) in [7, 11) is 0. The van der Waals surface area contributed by atoms with Gasteiger partial charge in [0.25, 0.3) is 5.91 Å². The molecule has 0 radical (unpaired) electrons. The van der Waals surface area contributed by atoms with Gasteiger partial charge in [-0.3, -0.25) is 9.52 Å². The topological polar surface area (TPSA) is 75.6 Å². The van der Waals surface area contributed by atoms with Crippen molar-refractivity contribution >= 4 is 39.8 Å². The Bertz CT molecular complexity index is 804. The smallest absolute Gasteiger partial charge is 0.341 e. The molecule has 2 N–H and O–H groups in total. The number of carboxylic acid groups (broad SMARTS) is 1. The Morgan fingerprint density at radius 3 is 2.64 bits per heavy atom. The number of halogens is 3. The first-order chi connectivity index (χ1) is 11.9. The van der Waals surface area contributed by atoms with Gasteiger partial charge in [-0.15, -0.1) is 0 Å². The van der Waals surface area contributed by atoms with E-state index in [9.17, 15) is 18.4 Å². The molecule has 0 aromatic heterocycles. The van der Waals surface area contributed by atoms with Crippen molar-refractivity contribution in [3.8, 4) is 5.75 Å². The summed E-state index contributed by atoms with van der Waals surface area (Å²) in [6, 6.07) is 7.74. The molecule has 2 aromatic rings. The van der Waals surface area contributed by atoms with Crippen molar-refractivity contribution in [3.05, 3.63) is 63.6 Å². The lowest BCUT2D eigenvalue weighted by molar-refractivity contribution is -0.139. The lowest BCUT2D eigenvalue weighted by Gasteiger charge is -2.10. The molecule has 0 unspecified atom stereocenters. The van der Waals surface area contributed by atoms with Crippen molar-refractivity contribution in [2.75, 3.05) is 6.61 Å². The molecule has 9 heteroatoms. The van der Waals surface area contributed by atoms with Gasteiger partial charge in [-0.25, -0.2) is 13.6 Å². The van der Waals surface area contributed by atoms with Gasteiger partial charge in [-0.1, -0.05) is 22.0 Å². The number of hydrogen-bond acceptors (Lipinski definition) is 4. The molecule has 0 saturated heterocycles. The van der Waals surface area contributed by atoms with E-state index in [0.717, 1.165) is 24.1 Å². The maximum absolute atomic E-state index is 13.7. The highest BCUT2D eigenvalue weighted by atomic mass is 79.9. The Hall–Kier alpha value is -2.13. The summed E-state index contributed by atoms with van der Waals surface area (Å²) in [6.07, 6.45) is 0. The largest absolute Gasteiger partial charge is 0.481 e. The first-order valence-corrected chi connectivity index (χ1v) is 8.65. The van der Waals surface area contributed by atoms with E-state index in [2.05, 4.69) is 20.7 Å². The third-order valence-corrected chi connectivity index (χ3v) is 4.23. The minimum atomic E-state index is -1.25. The van der Waals surface area contributed by atoms with Crippen LogP contribution in [-0.4, -0.2) is 23.6 Å². The molecule has 1 amide bonds. The number of carbonyl (C=O) groups is 2. The lowest BCUT2D eigenvalue weighted by atomic mass is 10.2. The molecule has 0 heterocycles. The van der Waals surface area contributed by atoms with Crippen LogP contribution >= 0.6 is 27.9 Å². The summed E-state index contributed by atoms with van der Waals surface area (Å²) in [5.41, 5.74) is 0.376. The fraction of sp³-hybridized carbons (Fsp3) is 0.125. The average Bonchev–Trinajstić information content (AvgIpc) is 2.54. The Morgan fingerprint density at radius 1 is 1.20 bits per heavy atom. The maximum Gasteiger partial charge on any atom is 0.341 e. The minimum absolute atomic E-state index is 0.0218. The van der Waals surface area contributed by atoms with E-state index < -0.39 is 30.1 Å². The van der Waals surface area contributed by atoms with Crippen LogP contribution in [0.25, 0.3) is 0 Å². The van der Waals surface area contributed by atoms with Gasteiger partial charge in [-0.2, -0.15) is 0 Å². The predicted molar refractivity (Wildman–Crippen MR) is 92.4 cm³/mol. The standard InChI is InChI=1S/C16H12BrF2NO4S/c17-10-2-1-9(13(19)5-10)8-25-20-16(23)12-4-3-11(18)6-14(12)24-7-15(21)22/h1-6H,7-8H2,(H,20,23)(H,21,22).